The van der Waals surface area contributed by atoms with Crippen molar-refractivity contribution in [3.05, 3.63) is 48.3 Å². The highest BCUT2D eigenvalue weighted by Crippen LogP contribution is 2.33. The zero-order chi connectivity index (χ0) is 20.8. The maximum absolute atomic E-state index is 13.4. The Bertz CT molecular complexity index is 1040. The number of hydrogen-bond acceptors (Lipinski definition) is 4. The summed E-state index contributed by atoms with van der Waals surface area (Å²) >= 11 is 0. The summed E-state index contributed by atoms with van der Waals surface area (Å²) in [4.78, 5) is 20.3. The van der Waals surface area contributed by atoms with E-state index in [1.807, 2.05) is 11.5 Å². The maximum Gasteiger partial charge on any atom is 0.449 e. The third-order valence-corrected chi connectivity index (χ3v) is 5.36. The maximum atomic E-state index is 13.4. The smallest absolute Gasteiger partial charge is 0.389 e. The number of fused-ring (bicyclic) bond motifs is 1. The molecule has 2 aromatic heterocycles. The number of carbonyl (C=O) groups excluding carboxylic acids is 1. The number of aromatic nitrogens is 4. The summed E-state index contributed by atoms with van der Waals surface area (Å²) in [6.45, 7) is 1.29. The van der Waals surface area contributed by atoms with Crippen molar-refractivity contribution in [3.8, 4) is 0 Å². The second-order valence-corrected chi connectivity index (χ2v) is 7.20. The molecule has 154 valence electrons. The van der Waals surface area contributed by atoms with Gasteiger partial charge in [0.2, 0.25) is 11.7 Å². The number of carbonyl (C=O) groups is 1. The molecule has 1 aliphatic carbocycles. The number of aryl methyl sites for hydroxylation is 1. The van der Waals surface area contributed by atoms with E-state index in [-0.39, 0.29) is 17.1 Å². The molecule has 1 amide bonds. The quantitative estimate of drug-likeness (QED) is 0.696. The highest BCUT2D eigenvalue weighted by atomic mass is 19.4. The summed E-state index contributed by atoms with van der Waals surface area (Å²) in [7, 11) is 0. The van der Waals surface area contributed by atoms with Gasteiger partial charge in [-0.1, -0.05) is 12.1 Å². The Balaban J connectivity index is 1.52. The van der Waals surface area contributed by atoms with Crippen molar-refractivity contribution in [2.24, 2.45) is 0 Å². The molecule has 3 aromatic rings. The molecule has 0 aliphatic heterocycles. The van der Waals surface area contributed by atoms with Gasteiger partial charge in [-0.25, -0.2) is 9.97 Å². The SMILES string of the molecule is Cc1nccn1[C@@H]1CC[C@@H](NC(=O)Cn2c(C(F)(F)F)nc3ccccc32)[C@H]1O. The van der Waals surface area contributed by atoms with Crippen molar-refractivity contribution >= 4 is 16.9 Å². The second kappa shape index (κ2) is 7.18. The minimum Gasteiger partial charge on any atom is -0.389 e. The second-order valence-electron chi connectivity index (χ2n) is 7.20. The van der Waals surface area contributed by atoms with E-state index in [2.05, 4.69) is 15.3 Å². The Morgan fingerprint density at radius 3 is 2.76 bits per heavy atom. The predicted molar refractivity (Wildman–Crippen MR) is 97.9 cm³/mol. The van der Waals surface area contributed by atoms with Crippen LogP contribution in [0.1, 0.15) is 30.5 Å². The molecule has 0 spiro atoms. The highest BCUT2D eigenvalue weighted by Gasteiger charge is 2.39. The molecule has 29 heavy (non-hydrogen) atoms. The first-order valence-corrected chi connectivity index (χ1v) is 9.25. The number of nitrogens with zero attached hydrogens (tertiary/aromatic N) is 4. The van der Waals surface area contributed by atoms with Gasteiger partial charge >= 0.3 is 6.18 Å². The summed E-state index contributed by atoms with van der Waals surface area (Å²) < 4.78 is 42.9. The predicted octanol–water partition coefficient (Wildman–Crippen LogP) is 2.44. The van der Waals surface area contributed by atoms with Crippen molar-refractivity contribution in [3.63, 3.8) is 0 Å². The highest BCUT2D eigenvalue weighted by molar-refractivity contribution is 5.81. The number of aliphatic hydroxyl groups excluding tert-OH is 1. The Morgan fingerprint density at radius 1 is 1.31 bits per heavy atom. The van der Waals surface area contributed by atoms with Crippen molar-refractivity contribution in [1.82, 2.24) is 24.4 Å². The van der Waals surface area contributed by atoms with Crippen LogP contribution in [0.4, 0.5) is 13.2 Å². The van der Waals surface area contributed by atoms with E-state index in [4.69, 9.17) is 0 Å². The molecule has 1 aromatic carbocycles. The van der Waals surface area contributed by atoms with Crippen LogP contribution < -0.4 is 5.32 Å². The fourth-order valence-corrected chi connectivity index (χ4v) is 4.01. The van der Waals surface area contributed by atoms with E-state index >= 15 is 0 Å². The van der Waals surface area contributed by atoms with Gasteiger partial charge in [0.25, 0.3) is 0 Å². The van der Waals surface area contributed by atoms with Gasteiger partial charge in [0, 0.05) is 12.4 Å². The van der Waals surface area contributed by atoms with Crippen molar-refractivity contribution < 1.29 is 23.1 Å². The molecule has 1 fully saturated rings. The largest absolute Gasteiger partial charge is 0.449 e. The van der Waals surface area contributed by atoms with Gasteiger partial charge in [-0.15, -0.1) is 0 Å². The van der Waals surface area contributed by atoms with Gasteiger partial charge in [0.1, 0.15) is 12.4 Å². The molecule has 7 nitrogen and oxygen atoms in total. The van der Waals surface area contributed by atoms with Crippen LogP contribution in [0.2, 0.25) is 0 Å². The minimum absolute atomic E-state index is 0.171. The van der Waals surface area contributed by atoms with Crippen LogP contribution in [0.3, 0.4) is 0 Å². The molecule has 1 saturated carbocycles. The van der Waals surface area contributed by atoms with Gasteiger partial charge in [0.15, 0.2) is 0 Å². The normalized spacial score (nSPS) is 22.3. The lowest BCUT2D eigenvalue weighted by Crippen LogP contribution is -2.43. The topological polar surface area (TPSA) is 85.0 Å². The van der Waals surface area contributed by atoms with Crippen LogP contribution in [0.5, 0.6) is 0 Å². The number of benzene rings is 1. The molecule has 1 aliphatic rings. The van der Waals surface area contributed by atoms with Crippen LogP contribution in [0, 0.1) is 6.92 Å². The van der Waals surface area contributed by atoms with Crippen LogP contribution in [0.15, 0.2) is 36.7 Å². The number of nitrogens with one attached hydrogen (secondary N) is 1. The molecule has 0 bridgehead atoms. The van der Waals surface area contributed by atoms with E-state index in [1.165, 1.54) is 12.1 Å². The summed E-state index contributed by atoms with van der Waals surface area (Å²) in [5.41, 5.74) is 0.401. The van der Waals surface area contributed by atoms with E-state index in [0.29, 0.717) is 12.8 Å². The number of alkyl halides is 3. The lowest BCUT2D eigenvalue weighted by Gasteiger charge is -2.22. The molecule has 4 rings (SSSR count). The monoisotopic (exact) mass is 407 g/mol. The van der Waals surface area contributed by atoms with Gasteiger partial charge in [-0.2, -0.15) is 13.2 Å². The first-order chi connectivity index (χ1) is 13.8. The molecule has 2 heterocycles. The number of imidazole rings is 2. The lowest BCUT2D eigenvalue weighted by molar-refractivity contribution is -0.147. The Kier molecular flexibility index (Phi) is 4.81. The van der Waals surface area contributed by atoms with Gasteiger partial charge in [-0.3, -0.25) is 4.79 Å². The molecule has 0 radical (unpaired) electrons. The van der Waals surface area contributed by atoms with Crippen LogP contribution in [0.25, 0.3) is 11.0 Å². The number of rotatable bonds is 4. The molecule has 10 heteroatoms. The van der Waals surface area contributed by atoms with Crippen molar-refractivity contribution in [1.29, 1.82) is 0 Å². The molecule has 0 unspecified atom stereocenters. The van der Waals surface area contributed by atoms with E-state index < -0.39 is 36.6 Å². The Labute approximate surface area is 164 Å². The van der Waals surface area contributed by atoms with Gasteiger partial charge in [-0.05, 0) is 31.9 Å². The summed E-state index contributed by atoms with van der Waals surface area (Å²) in [6.07, 6.45) is -0.987. The lowest BCUT2D eigenvalue weighted by atomic mass is 10.1. The average molecular weight is 407 g/mol. The Hall–Kier alpha value is -2.88. The summed E-state index contributed by atoms with van der Waals surface area (Å²) in [5.74, 6) is -0.973. The third-order valence-electron chi connectivity index (χ3n) is 5.36. The third kappa shape index (κ3) is 3.59. The van der Waals surface area contributed by atoms with Crippen LogP contribution in [-0.4, -0.2) is 42.3 Å². The molecular formula is C19H20F3N5O2. The Morgan fingerprint density at radius 2 is 2.07 bits per heavy atom. The van der Waals surface area contributed by atoms with Crippen LogP contribution in [-0.2, 0) is 17.5 Å². The number of aliphatic hydroxyl groups is 1. The average Bonchev–Trinajstić information content (AvgIpc) is 3.34. The standard InChI is InChI=1S/C19H20F3N5O2/c1-11-23-8-9-26(11)15-7-6-13(17(15)29)24-16(28)10-27-14-5-3-2-4-12(14)25-18(27)19(20,21)22/h2-5,8-9,13,15,17,29H,6-7,10H2,1H3,(H,24,28)/t13-,15-,17-/m1/s1. The van der Waals surface area contributed by atoms with Crippen LogP contribution >= 0.6 is 0 Å². The zero-order valence-corrected chi connectivity index (χ0v) is 15.6. The molecular weight excluding hydrogens is 387 g/mol. The zero-order valence-electron chi connectivity index (χ0n) is 15.6. The molecule has 0 saturated heterocycles. The van der Waals surface area contributed by atoms with E-state index in [9.17, 15) is 23.1 Å². The fourth-order valence-electron chi connectivity index (χ4n) is 4.01. The summed E-state index contributed by atoms with van der Waals surface area (Å²) in [5, 5.41) is 13.3. The number of para-hydroxylation sites is 2. The number of halogens is 3. The van der Waals surface area contributed by atoms with E-state index in [0.717, 1.165) is 10.4 Å². The first kappa shape index (κ1) is 19.4. The van der Waals surface area contributed by atoms with Gasteiger partial charge < -0.3 is 19.6 Å². The first-order valence-electron chi connectivity index (χ1n) is 9.25. The molecule has 3 atom stereocenters. The fraction of sp³-hybridized carbons (Fsp3) is 0.421. The number of hydrogen-bond donors (Lipinski definition) is 2. The van der Waals surface area contributed by atoms with E-state index in [1.54, 1.807) is 24.5 Å². The van der Waals surface area contributed by atoms with Gasteiger partial charge in [0.05, 0.1) is 29.2 Å². The minimum atomic E-state index is -4.68. The summed E-state index contributed by atoms with van der Waals surface area (Å²) in [6, 6.07) is 5.37. The number of amides is 1. The molecule has 2 N–H and O–H groups in total. The van der Waals surface area contributed by atoms with Crippen molar-refractivity contribution in [2.45, 2.75) is 50.7 Å². The van der Waals surface area contributed by atoms with Crippen molar-refractivity contribution in [2.75, 3.05) is 0 Å².